The van der Waals surface area contributed by atoms with E-state index in [-0.39, 0.29) is 12.6 Å². The summed E-state index contributed by atoms with van der Waals surface area (Å²) in [7, 11) is 0. The molecule has 2 nitrogen and oxygen atoms in total. The molecule has 0 aliphatic heterocycles. The minimum atomic E-state index is -0.129. The number of unbranched alkanes of at least 4 members (excludes halogenated alkanes) is 3. The van der Waals surface area contributed by atoms with Gasteiger partial charge in [0, 0.05) is 29.0 Å². The second kappa shape index (κ2) is 9.85. The lowest BCUT2D eigenvalue weighted by molar-refractivity contribution is -0.142. The van der Waals surface area contributed by atoms with Crippen molar-refractivity contribution in [2.24, 2.45) is 0 Å². The molecule has 0 fully saturated rings. The highest BCUT2D eigenvalue weighted by atomic mass is 127. The molecule has 0 saturated heterocycles. The third-order valence-corrected chi connectivity index (χ3v) is 1.99. The van der Waals surface area contributed by atoms with Gasteiger partial charge in [-0.05, 0) is 10.3 Å². The van der Waals surface area contributed by atoms with Crippen LogP contribution in [0.1, 0.15) is 39.0 Å². The van der Waals surface area contributed by atoms with Gasteiger partial charge in [-0.15, -0.1) is 0 Å². The number of hydrogen-bond acceptors (Lipinski definition) is 2. The summed E-state index contributed by atoms with van der Waals surface area (Å²) in [5.41, 5.74) is 0. The summed E-state index contributed by atoms with van der Waals surface area (Å²) >= 11 is 1.92. The summed E-state index contributed by atoms with van der Waals surface area (Å²) < 4.78 is 7.49. The lowest BCUT2D eigenvalue weighted by Crippen LogP contribution is -2.04. The Bertz CT molecular complexity index is 191. The highest BCUT2D eigenvalue weighted by Gasteiger charge is 2.00. The van der Waals surface area contributed by atoms with E-state index < -0.39 is 0 Å². The Kier molecular flexibility index (Phi) is 9.66. The molecule has 13 heavy (non-hydrogen) atoms. The maximum Gasteiger partial charge on any atom is 0.306 e. The van der Waals surface area contributed by atoms with Crippen LogP contribution in [0.5, 0.6) is 0 Å². The molecule has 0 amide bonds. The number of rotatable bonds is 6. The van der Waals surface area contributed by atoms with Gasteiger partial charge < -0.3 is 4.74 Å². The first-order valence-corrected chi connectivity index (χ1v) is 5.63. The van der Waals surface area contributed by atoms with Gasteiger partial charge >= 0.3 is 5.97 Å². The van der Waals surface area contributed by atoms with Crippen molar-refractivity contribution < 1.29 is 9.53 Å². The first kappa shape index (κ1) is 12.8. The molecule has 0 heterocycles. The van der Waals surface area contributed by atoms with Crippen LogP contribution in [0.4, 0.5) is 0 Å². The fraction of sp³-hybridized carbons (Fsp3) is 0.700. The number of halogens is 1. The van der Waals surface area contributed by atoms with Crippen LogP contribution in [0.2, 0.25) is 0 Å². The average Bonchev–Trinajstić information content (AvgIpc) is 2.13. The molecule has 0 unspecified atom stereocenters. The molecule has 0 spiro atoms. The van der Waals surface area contributed by atoms with E-state index in [4.69, 9.17) is 4.74 Å². The molecule has 0 aromatic carbocycles. The molecule has 0 saturated carbocycles. The largest absolute Gasteiger partial charge is 0.452 e. The van der Waals surface area contributed by atoms with Crippen LogP contribution in [-0.4, -0.2) is 12.6 Å². The number of hydrogen-bond donors (Lipinski definition) is 0. The molecule has 0 atom stereocenters. The standard InChI is InChI=1S/C10H15IO2/c1-2-3-4-5-7-10(12)13-9-6-8-11/h2-5,7,9H2,1H3. The molecule has 0 bridgehead atoms. The van der Waals surface area contributed by atoms with Crippen molar-refractivity contribution in [3.05, 3.63) is 0 Å². The predicted octanol–water partition coefficient (Wildman–Crippen LogP) is 2.90. The lowest BCUT2D eigenvalue weighted by Gasteiger charge is -1.99. The summed E-state index contributed by atoms with van der Waals surface area (Å²) in [6.07, 6.45) is 4.97. The third kappa shape index (κ3) is 9.68. The van der Waals surface area contributed by atoms with E-state index in [1.807, 2.05) is 22.6 Å². The highest BCUT2D eigenvalue weighted by molar-refractivity contribution is 14.1. The van der Waals surface area contributed by atoms with Gasteiger partial charge in [0.1, 0.15) is 0 Å². The van der Waals surface area contributed by atoms with Gasteiger partial charge in [0.2, 0.25) is 0 Å². The summed E-state index contributed by atoms with van der Waals surface area (Å²) in [5, 5.41) is 0. The Morgan fingerprint density at radius 3 is 2.77 bits per heavy atom. The topological polar surface area (TPSA) is 26.3 Å². The van der Waals surface area contributed by atoms with E-state index in [0.717, 1.165) is 12.8 Å². The summed E-state index contributed by atoms with van der Waals surface area (Å²) in [6, 6.07) is 0. The van der Waals surface area contributed by atoms with Gasteiger partial charge in [-0.25, -0.2) is 0 Å². The van der Waals surface area contributed by atoms with Crippen LogP contribution >= 0.6 is 22.6 Å². The number of esters is 1. The van der Waals surface area contributed by atoms with Crippen LogP contribution in [0, 0.1) is 9.85 Å². The van der Waals surface area contributed by atoms with Gasteiger partial charge in [0.25, 0.3) is 0 Å². The van der Waals surface area contributed by atoms with E-state index in [1.54, 1.807) is 0 Å². The smallest absolute Gasteiger partial charge is 0.306 e. The van der Waals surface area contributed by atoms with Crippen molar-refractivity contribution in [2.75, 3.05) is 6.61 Å². The molecule has 0 aliphatic rings. The van der Waals surface area contributed by atoms with Crippen molar-refractivity contribution in [3.8, 4) is 9.85 Å². The van der Waals surface area contributed by atoms with Gasteiger partial charge in [0.05, 0.1) is 0 Å². The fourth-order valence-corrected chi connectivity index (χ4v) is 1.07. The molecule has 0 aliphatic carbocycles. The zero-order valence-electron chi connectivity index (χ0n) is 7.94. The normalized spacial score (nSPS) is 8.77. The zero-order chi connectivity index (χ0) is 9.94. The molecule has 0 radical (unpaired) electrons. The Hall–Kier alpha value is -0.240. The van der Waals surface area contributed by atoms with Crippen molar-refractivity contribution in [3.63, 3.8) is 0 Å². The Morgan fingerprint density at radius 2 is 2.15 bits per heavy atom. The van der Waals surface area contributed by atoms with E-state index in [9.17, 15) is 4.79 Å². The second-order valence-corrected chi connectivity index (χ2v) is 3.28. The Morgan fingerprint density at radius 1 is 1.38 bits per heavy atom. The number of carbonyl (C=O) groups excluding carboxylic acids is 1. The SMILES string of the molecule is CCCCCCC(=O)OCC#CI. The first-order valence-electron chi connectivity index (χ1n) is 4.55. The minimum absolute atomic E-state index is 0.129. The highest BCUT2D eigenvalue weighted by Crippen LogP contribution is 2.03. The molecular weight excluding hydrogens is 279 g/mol. The number of ether oxygens (including phenoxy) is 1. The Labute approximate surface area is 93.6 Å². The molecule has 3 heteroatoms. The molecule has 74 valence electrons. The summed E-state index contributed by atoms with van der Waals surface area (Å²) in [5.74, 6) is 2.54. The maximum absolute atomic E-state index is 11.0. The van der Waals surface area contributed by atoms with Crippen LogP contribution in [0.25, 0.3) is 0 Å². The third-order valence-electron chi connectivity index (χ3n) is 1.61. The molecular formula is C10H15IO2. The Balaban J connectivity index is 3.23. The van der Waals surface area contributed by atoms with Gasteiger partial charge in [-0.2, -0.15) is 0 Å². The molecule has 0 N–H and O–H groups in total. The predicted molar refractivity (Wildman–Crippen MR) is 61.5 cm³/mol. The van der Waals surface area contributed by atoms with Crippen LogP contribution < -0.4 is 0 Å². The monoisotopic (exact) mass is 294 g/mol. The maximum atomic E-state index is 11.0. The van der Waals surface area contributed by atoms with Crippen LogP contribution in [0.3, 0.4) is 0 Å². The fourth-order valence-electron chi connectivity index (χ4n) is 0.912. The van der Waals surface area contributed by atoms with Gasteiger partial charge in [0.15, 0.2) is 6.61 Å². The van der Waals surface area contributed by atoms with Crippen molar-refractivity contribution in [2.45, 2.75) is 39.0 Å². The minimum Gasteiger partial charge on any atom is -0.452 e. The van der Waals surface area contributed by atoms with Gasteiger partial charge in [-0.3, -0.25) is 4.79 Å². The van der Waals surface area contributed by atoms with E-state index >= 15 is 0 Å². The van der Waals surface area contributed by atoms with Crippen molar-refractivity contribution in [1.29, 1.82) is 0 Å². The summed E-state index contributed by atoms with van der Waals surface area (Å²) in [4.78, 5) is 11.0. The van der Waals surface area contributed by atoms with Crippen molar-refractivity contribution >= 4 is 28.6 Å². The average molecular weight is 294 g/mol. The van der Waals surface area contributed by atoms with E-state index in [2.05, 4.69) is 16.8 Å². The summed E-state index contributed by atoms with van der Waals surface area (Å²) in [6.45, 7) is 2.38. The number of carbonyl (C=O) groups is 1. The van der Waals surface area contributed by atoms with Crippen LogP contribution in [-0.2, 0) is 9.53 Å². The molecule has 0 aromatic rings. The van der Waals surface area contributed by atoms with E-state index in [0.29, 0.717) is 6.42 Å². The first-order chi connectivity index (χ1) is 6.31. The van der Waals surface area contributed by atoms with E-state index in [1.165, 1.54) is 12.8 Å². The lowest BCUT2D eigenvalue weighted by atomic mass is 10.2. The zero-order valence-corrected chi connectivity index (χ0v) is 10.1. The molecule has 0 rings (SSSR count). The van der Waals surface area contributed by atoms with Crippen LogP contribution in [0.15, 0.2) is 0 Å². The quantitative estimate of drug-likeness (QED) is 0.326. The van der Waals surface area contributed by atoms with Gasteiger partial charge in [-0.1, -0.05) is 32.1 Å². The molecule has 0 aromatic heterocycles. The second-order valence-electron chi connectivity index (χ2n) is 2.74. The van der Waals surface area contributed by atoms with Crippen molar-refractivity contribution in [1.82, 2.24) is 0 Å².